The van der Waals surface area contributed by atoms with Crippen LogP contribution in [0.2, 0.25) is 0 Å². The molecule has 130 valence electrons. The van der Waals surface area contributed by atoms with Gasteiger partial charge in [-0.25, -0.2) is 4.98 Å². The van der Waals surface area contributed by atoms with E-state index in [1.165, 1.54) is 5.56 Å². The van der Waals surface area contributed by atoms with Crippen molar-refractivity contribution in [2.75, 3.05) is 5.32 Å². The topological polar surface area (TPSA) is 64.1 Å². The summed E-state index contributed by atoms with van der Waals surface area (Å²) >= 11 is 0. The minimum Gasteiger partial charge on any atom is -0.485 e. The monoisotopic (exact) mass is 345 g/mol. The van der Waals surface area contributed by atoms with Crippen molar-refractivity contribution in [2.24, 2.45) is 5.92 Å². The number of pyridine rings is 2. The standard InChI is InChI=1S/C21H19N3O2/c25-21(18-13-17(18)16-5-2-1-3-6-16)24-20-19(7-4-10-23-20)26-14-15-8-11-22-12-9-15/h1-12,17-18H,13-14H2,(H,23,24,25)/t17-,18-/m1/s1. The number of nitrogens with one attached hydrogen (secondary N) is 1. The quantitative estimate of drug-likeness (QED) is 0.738. The van der Waals surface area contributed by atoms with Crippen molar-refractivity contribution in [3.8, 4) is 5.75 Å². The molecule has 4 rings (SSSR count). The van der Waals surface area contributed by atoms with E-state index < -0.39 is 0 Å². The van der Waals surface area contributed by atoms with E-state index in [0.717, 1.165) is 12.0 Å². The SMILES string of the molecule is O=C(Nc1ncccc1OCc1ccncc1)[C@@H]1C[C@@H]1c1ccccc1. The van der Waals surface area contributed by atoms with Crippen molar-refractivity contribution in [2.45, 2.75) is 18.9 Å². The van der Waals surface area contributed by atoms with Crippen LogP contribution in [0.5, 0.6) is 5.75 Å². The summed E-state index contributed by atoms with van der Waals surface area (Å²) in [7, 11) is 0. The zero-order valence-corrected chi connectivity index (χ0v) is 14.2. The van der Waals surface area contributed by atoms with Crippen LogP contribution in [0.4, 0.5) is 5.82 Å². The molecule has 1 N–H and O–H groups in total. The maximum atomic E-state index is 12.6. The van der Waals surface area contributed by atoms with Crippen molar-refractivity contribution in [1.82, 2.24) is 9.97 Å². The van der Waals surface area contributed by atoms with Gasteiger partial charge < -0.3 is 10.1 Å². The highest BCUT2D eigenvalue weighted by molar-refractivity contribution is 5.95. The third-order valence-electron chi connectivity index (χ3n) is 4.51. The van der Waals surface area contributed by atoms with E-state index in [-0.39, 0.29) is 11.8 Å². The number of aromatic nitrogens is 2. The average Bonchev–Trinajstić information content (AvgIpc) is 3.50. The van der Waals surface area contributed by atoms with Crippen LogP contribution >= 0.6 is 0 Å². The first-order chi connectivity index (χ1) is 12.8. The lowest BCUT2D eigenvalue weighted by Gasteiger charge is -2.11. The lowest BCUT2D eigenvalue weighted by Crippen LogP contribution is -2.16. The Balaban J connectivity index is 1.40. The fourth-order valence-electron chi connectivity index (χ4n) is 3.00. The lowest BCUT2D eigenvalue weighted by atomic mass is 10.1. The zero-order valence-electron chi connectivity index (χ0n) is 14.2. The summed E-state index contributed by atoms with van der Waals surface area (Å²) in [5, 5.41) is 2.92. The van der Waals surface area contributed by atoms with E-state index in [1.54, 1.807) is 24.7 Å². The number of ether oxygens (including phenoxy) is 1. The van der Waals surface area contributed by atoms with E-state index in [0.29, 0.717) is 24.1 Å². The molecule has 5 heteroatoms. The molecule has 1 aromatic carbocycles. The second-order valence-electron chi connectivity index (χ2n) is 6.34. The minimum absolute atomic E-state index is 0.00699. The molecule has 0 radical (unpaired) electrons. The summed E-state index contributed by atoms with van der Waals surface area (Å²) in [5.74, 6) is 1.31. The molecule has 1 aliphatic carbocycles. The third-order valence-corrected chi connectivity index (χ3v) is 4.51. The largest absolute Gasteiger partial charge is 0.485 e. The molecule has 2 aromatic heterocycles. The van der Waals surface area contributed by atoms with Crippen LogP contribution in [-0.2, 0) is 11.4 Å². The minimum atomic E-state index is -0.00804. The highest BCUT2D eigenvalue weighted by Crippen LogP contribution is 2.48. The van der Waals surface area contributed by atoms with E-state index in [4.69, 9.17) is 4.74 Å². The Morgan fingerprint density at radius 3 is 2.65 bits per heavy atom. The van der Waals surface area contributed by atoms with Gasteiger partial charge in [-0.2, -0.15) is 0 Å². The second kappa shape index (κ2) is 7.35. The molecular weight excluding hydrogens is 326 g/mol. The van der Waals surface area contributed by atoms with Gasteiger partial charge in [0.1, 0.15) is 6.61 Å². The summed E-state index contributed by atoms with van der Waals surface area (Å²) in [6.07, 6.45) is 5.97. The number of carbonyl (C=O) groups is 1. The first-order valence-corrected chi connectivity index (χ1v) is 8.64. The Labute approximate surface area is 152 Å². The fourth-order valence-corrected chi connectivity index (χ4v) is 3.00. The van der Waals surface area contributed by atoms with Crippen molar-refractivity contribution in [3.63, 3.8) is 0 Å². The maximum absolute atomic E-state index is 12.6. The predicted octanol–water partition coefficient (Wildman–Crippen LogP) is 3.80. The maximum Gasteiger partial charge on any atom is 0.229 e. The van der Waals surface area contributed by atoms with Gasteiger partial charge in [-0.15, -0.1) is 0 Å². The number of anilines is 1. The molecule has 0 saturated heterocycles. The number of nitrogens with zero attached hydrogens (tertiary/aromatic N) is 2. The molecule has 26 heavy (non-hydrogen) atoms. The Morgan fingerprint density at radius 1 is 1.04 bits per heavy atom. The van der Waals surface area contributed by atoms with Crippen LogP contribution in [0, 0.1) is 5.92 Å². The Kier molecular flexibility index (Phi) is 4.60. The summed E-state index contributed by atoms with van der Waals surface area (Å²) in [6.45, 7) is 0.396. The summed E-state index contributed by atoms with van der Waals surface area (Å²) in [6, 6.07) is 17.5. The molecule has 1 amide bonds. The van der Waals surface area contributed by atoms with Gasteiger partial charge in [-0.3, -0.25) is 9.78 Å². The van der Waals surface area contributed by atoms with E-state index in [9.17, 15) is 4.79 Å². The van der Waals surface area contributed by atoms with E-state index in [2.05, 4.69) is 27.4 Å². The van der Waals surface area contributed by atoms with Crippen molar-refractivity contribution >= 4 is 11.7 Å². The van der Waals surface area contributed by atoms with Crippen LogP contribution in [0.3, 0.4) is 0 Å². The van der Waals surface area contributed by atoms with Gasteiger partial charge in [0.05, 0.1) is 0 Å². The zero-order chi connectivity index (χ0) is 17.8. The molecule has 2 atom stereocenters. The molecule has 1 aliphatic rings. The summed E-state index contributed by atoms with van der Waals surface area (Å²) < 4.78 is 5.83. The average molecular weight is 345 g/mol. The van der Waals surface area contributed by atoms with Crippen molar-refractivity contribution < 1.29 is 9.53 Å². The fraction of sp³-hybridized carbons (Fsp3) is 0.190. The van der Waals surface area contributed by atoms with Gasteiger partial charge in [0.2, 0.25) is 5.91 Å². The second-order valence-corrected chi connectivity index (χ2v) is 6.34. The van der Waals surface area contributed by atoms with Crippen LogP contribution in [0.15, 0.2) is 73.2 Å². The smallest absolute Gasteiger partial charge is 0.229 e. The van der Waals surface area contributed by atoms with E-state index >= 15 is 0 Å². The van der Waals surface area contributed by atoms with Gasteiger partial charge in [0.15, 0.2) is 11.6 Å². The Morgan fingerprint density at radius 2 is 1.85 bits per heavy atom. The Hall–Kier alpha value is -3.21. The van der Waals surface area contributed by atoms with Gasteiger partial charge >= 0.3 is 0 Å². The van der Waals surface area contributed by atoms with Gasteiger partial charge in [-0.1, -0.05) is 30.3 Å². The van der Waals surface area contributed by atoms with Crippen molar-refractivity contribution in [3.05, 3.63) is 84.3 Å². The first kappa shape index (κ1) is 16.3. The third kappa shape index (κ3) is 3.72. The number of benzene rings is 1. The molecule has 0 unspecified atom stereocenters. The molecule has 0 spiro atoms. The highest BCUT2D eigenvalue weighted by atomic mass is 16.5. The van der Waals surface area contributed by atoms with Crippen LogP contribution < -0.4 is 10.1 Å². The van der Waals surface area contributed by atoms with Gasteiger partial charge in [-0.05, 0) is 47.7 Å². The number of carbonyl (C=O) groups excluding carboxylic acids is 1. The van der Waals surface area contributed by atoms with Crippen LogP contribution in [-0.4, -0.2) is 15.9 Å². The lowest BCUT2D eigenvalue weighted by molar-refractivity contribution is -0.117. The summed E-state index contributed by atoms with van der Waals surface area (Å²) in [5.41, 5.74) is 2.22. The van der Waals surface area contributed by atoms with Gasteiger partial charge in [0.25, 0.3) is 0 Å². The highest BCUT2D eigenvalue weighted by Gasteiger charge is 2.44. The van der Waals surface area contributed by atoms with E-state index in [1.807, 2.05) is 36.4 Å². The molecule has 2 heterocycles. The molecule has 1 saturated carbocycles. The molecule has 3 aromatic rings. The van der Waals surface area contributed by atoms with Gasteiger partial charge in [0, 0.05) is 24.5 Å². The molecule has 1 fully saturated rings. The number of rotatable bonds is 6. The predicted molar refractivity (Wildman–Crippen MR) is 98.7 cm³/mol. The number of amides is 1. The molecular formula is C21H19N3O2. The molecule has 0 bridgehead atoms. The number of hydrogen-bond donors (Lipinski definition) is 1. The normalized spacial score (nSPS) is 18.2. The van der Waals surface area contributed by atoms with Crippen LogP contribution in [0.1, 0.15) is 23.5 Å². The molecule has 5 nitrogen and oxygen atoms in total. The van der Waals surface area contributed by atoms with Crippen LogP contribution in [0.25, 0.3) is 0 Å². The summed E-state index contributed by atoms with van der Waals surface area (Å²) in [4.78, 5) is 20.8. The molecule has 0 aliphatic heterocycles. The number of hydrogen-bond acceptors (Lipinski definition) is 4. The Bertz CT molecular complexity index is 884. The van der Waals surface area contributed by atoms with Crippen molar-refractivity contribution in [1.29, 1.82) is 0 Å². The first-order valence-electron chi connectivity index (χ1n) is 8.64.